The van der Waals surface area contributed by atoms with Crippen LogP contribution in [0.5, 0.6) is 0 Å². The van der Waals surface area contributed by atoms with Crippen LogP contribution in [0.2, 0.25) is 0 Å². The van der Waals surface area contributed by atoms with Gasteiger partial charge in [-0.2, -0.15) is 8.42 Å². The quantitative estimate of drug-likeness (QED) is 0.540. The van der Waals surface area contributed by atoms with Gasteiger partial charge < -0.3 is 5.73 Å². The molecule has 1 amide bonds. The summed E-state index contributed by atoms with van der Waals surface area (Å²) >= 11 is 0. The van der Waals surface area contributed by atoms with Crippen LogP contribution in [-0.2, 0) is 20.5 Å². The molecule has 0 fully saturated rings. The van der Waals surface area contributed by atoms with Crippen molar-refractivity contribution in [1.82, 2.24) is 9.88 Å². The van der Waals surface area contributed by atoms with Crippen molar-refractivity contribution in [1.29, 1.82) is 0 Å². The van der Waals surface area contributed by atoms with Gasteiger partial charge in [-0.05, 0) is 46.4 Å². The van der Waals surface area contributed by atoms with E-state index < -0.39 is 20.9 Å². The monoisotopic (exact) mass is 464 g/mol. The fraction of sp³-hybridized carbons (Fsp3) is 0.208. The van der Waals surface area contributed by atoms with Crippen molar-refractivity contribution in [3.8, 4) is 11.1 Å². The molecule has 3 N–H and O–H groups in total. The molecule has 2 aromatic carbocycles. The third-order valence-corrected chi connectivity index (χ3v) is 7.25. The maximum absolute atomic E-state index is 13.6. The number of hydrogen-bond acceptors (Lipinski definition) is 6. The minimum atomic E-state index is -4.33. The second-order valence-electron chi connectivity index (χ2n) is 7.90. The van der Waals surface area contributed by atoms with E-state index in [1.807, 2.05) is 30.3 Å². The number of benzene rings is 2. The first-order valence-electron chi connectivity index (χ1n) is 10.4. The molecular weight excluding hydrogens is 440 g/mol. The maximum Gasteiger partial charge on any atom is 0.271 e. The largest absolute Gasteiger partial charge is 0.369 e. The summed E-state index contributed by atoms with van der Waals surface area (Å²) in [4.78, 5) is 23.6. The number of nitrogens with zero attached hydrogens (tertiary/aromatic N) is 3. The summed E-state index contributed by atoms with van der Waals surface area (Å²) in [7, 11) is -2.79. The minimum Gasteiger partial charge on any atom is -0.369 e. The van der Waals surface area contributed by atoms with Crippen LogP contribution in [0.15, 0.2) is 78.0 Å². The van der Waals surface area contributed by atoms with Gasteiger partial charge in [-0.25, -0.2) is 4.99 Å². The number of aliphatic imine (C=N–C) groups is 1. The molecule has 9 heteroatoms. The molecule has 1 aliphatic heterocycles. The molecule has 0 spiro atoms. The predicted molar refractivity (Wildman–Crippen MR) is 126 cm³/mol. The lowest BCUT2D eigenvalue weighted by molar-refractivity contribution is -0.129. The van der Waals surface area contributed by atoms with Crippen molar-refractivity contribution in [2.24, 2.45) is 10.7 Å². The Balaban J connectivity index is 1.94. The van der Waals surface area contributed by atoms with Crippen LogP contribution in [0.3, 0.4) is 0 Å². The Bertz CT molecular complexity index is 1340. The van der Waals surface area contributed by atoms with Crippen LogP contribution in [0.1, 0.15) is 35.3 Å². The molecule has 3 aromatic rings. The molecule has 170 valence electrons. The molecule has 1 aliphatic rings. The molecule has 8 nitrogen and oxygen atoms in total. The zero-order valence-corrected chi connectivity index (χ0v) is 19.0. The van der Waals surface area contributed by atoms with Gasteiger partial charge in [0.2, 0.25) is 0 Å². The number of amides is 1. The number of likely N-dealkylation sites (N-methyl/N-ethyl adjacent to an activating group) is 1. The number of aromatic nitrogens is 1. The number of guanidine groups is 1. The molecular formula is C24H24N4O4S. The highest BCUT2D eigenvalue weighted by atomic mass is 32.2. The lowest BCUT2D eigenvalue weighted by atomic mass is 9.81. The normalized spacial score (nSPS) is 19.4. The van der Waals surface area contributed by atoms with Gasteiger partial charge in [0.15, 0.2) is 11.5 Å². The summed E-state index contributed by atoms with van der Waals surface area (Å²) in [5, 5.41) is -1.12. The Hall–Kier alpha value is -3.56. The molecule has 2 heterocycles. The molecule has 2 atom stereocenters. The SMILES string of the molecule is CCC(c1cccc(C2(c3cccc(-c4cccnc4)c3)N=C(N)N(C)C2=O)c1)S(=O)(=O)O. The van der Waals surface area contributed by atoms with Gasteiger partial charge in [-0.1, -0.05) is 55.5 Å². The fourth-order valence-electron chi connectivity index (χ4n) is 4.22. The first-order chi connectivity index (χ1) is 15.7. The molecule has 0 radical (unpaired) electrons. The first kappa shape index (κ1) is 22.6. The Morgan fingerprint density at radius 1 is 1.06 bits per heavy atom. The zero-order chi connectivity index (χ0) is 23.8. The highest BCUT2D eigenvalue weighted by Crippen LogP contribution is 2.41. The maximum atomic E-state index is 13.6. The average Bonchev–Trinajstić information content (AvgIpc) is 3.04. The summed E-state index contributed by atoms with van der Waals surface area (Å²) in [6, 6.07) is 17.7. The van der Waals surface area contributed by atoms with E-state index in [-0.39, 0.29) is 18.3 Å². The van der Waals surface area contributed by atoms with Crippen molar-refractivity contribution in [2.75, 3.05) is 7.05 Å². The van der Waals surface area contributed by atoms with Gasteiger partial charge in [0.25, 0.3) is 16.0 Å². The molecule has 0 saturated carbocycles. The van der Waals surface area contributed by atoms with Crippen molar-refractivity contribution < 1.29 is 17.8 Å². The molecule has 4 rings (SSSR count). The van der Waals surface area contributed by atoms with Crippen molar-refractivity contribution in [3.63, 3.8) is 0 Å². The Morgan fingerprint density at radius 2 is 1.73 bits per heavy atom. The van der Waals surface area contributed by atoms with E-state index in [0.29, 0.717) is 16.7 Å². The number of hydrogen-bond donors (Lipinski definition) is 2. The Kier molecular flexibility index (Phi) is 5.77. The van der Waals surface area contributed by atoms with Crippen LogP contribution in [0.25, 0.3) is 11.1 Å². The highest BCUT2D eigenvalue weighted by Gasteiger charge is 2.49. The second kappa shape index (κ2) is 8.42. The van der Waals surface area contributed by atoms with Crippen molar-refractivity contribution >= 4 is 22.0 Å². The van der Waals surface area contributed by atoms with Gasteiger partial charge >= 0.3 is 0 Å². The number of pyridine rings is 1. The predicted octanol–water partition coefficient (Wildman–Crippen LogP) is 3.12. The van der Waals surface area contributed by atoms with Crippen molar-refractivity contribution in [3.05, 3.63) is 89.7 Å². The van der Waals surface area contributed by atoms with Crippen LogP contribution in [0, 0.1) is 0 Å². The fourth-order valence-corrected chi connectivity index (χ4v) is 5.14. The van der Waals surface area contributed by atoms with Gasteiger partial charge in [0, 0.05) is 19.4 Å². The van der Waals surface area contributed by atoms with E-state index in [0.717, 1.165) is 11.1 Å². The lowest BCUT2D eigenvalue weighted by Crippen LogP contribution is -2.41. The van der Waals surface area contributed by atoms with Crippen LogP contribution in [0.4, 0.5) is 0 Å². The lowest BCUT2D eigenvalue weighted by Gasteiger charge is -2.27. The van der Waals surface area contributed by atoms with Crippen LogP contribution < -0.4 is 5.73 Å². The topological polar surface area (TPSA) is 126 Å². The summed E-state index contributed by atoms with van der Waals surface area (Å²) in [6.45, 7) is 1.67. The average molecular weight is 465 g/mol. The van der Waals surface area contributed by atoms with Crippen LogP contribution >= 0.6 is 0 Å². The molecule has 2 unspecified atom stereocenters. The molecule has 33 heavy (non-hydrogen) atoms. The minimum absolute atomic E-state index is 0.0546. The Labute approximate surface area is 192 Å². The second-order valence-corrected chi connectivity index (χ2v) is 9.50. The third-order valence-electron chi connectivity index (χ3n) is 5.92. The third kappa shape index (κ3) is 3.90. The number of carbonyl (C=O) groups excluding carboxylic acids is 1. The molecule has 0 aliphatic carbocycles. The number of rotatable bonds is 6. The van der Waals surface area contributed by atoms with E-state index in [9.17, 15) is 17.8 Å². The molecule has 0 bridgehead atoms. The number of carbonyl (C=O) groups is 1. The first-order valence-corrected chi connectivity index (χ1v) is 11.9. The summed E-state index contributed by atoms with van der Waals surface area (Å²) in [5.41, 5.74) is 7.71. The zero-order valence-electron chi connectivity index (χ0n) is 18.2. The number of nitrogens with two attached hydrogens (primary N) is 1. The van der Waals surface area contributed by atoms with Crippen molar-refractivity contribution in [2.45, 2.75) is 24.1 Å². The Morgan fingerprint density at radius 3 is 2.30 bits per heavy atom. The smallest absolute Gasteiger partial charge is 0.271 e. The van der Waals surface area contributed by atoms with E-state index in [1.54, 1.807) is 56.7 Å². The summed E-state index contributed by atoms with van der Waals surface area (Å²) in [6.07, 6.45) is 3.58. The van der Waals surface area contributed by atoms with E-state index >= 15 is 0 Å². The summed E-state index contributed by atoms with van der Waals surface area (Å²) in [5.74, 6) is -0.306. The van der Waals surface area contributed by atoms with E-state index in [1.165, 1.54) is 4.90 Å². The molecule has 1 aromatic heterocycles. The van der Waals surface area contributed by atoms with E-state index in [2.05, 4.69) is 9.98 Å². The van der Waals surface area contributed by atoms with Crippen LogP contribution in [-0.4, -0.2) is 41.8 Å². The highest BCUT2D eigenvalue weighted by molar-refractivity contribution is 7.86. The van der Waals surface area contributed by atoms with Gasteiger partial charge in [-0.15, -0.1) is 0 Å². The van der Waals surface area contributed by atoms with E-state index in [4.69, 9.17) is 5.73 Å². The summed E-state index contributed by atoms with van der Waals surface area (Å²) < 4.78 is 33.6. The standard InChI is InChI=1S/C24H24N4O4S/c1-3-21(33(30,31)32)17-8-5-11-20(14-17)24(22(29)28(2)23(25)27-24)19-10-4-7-16(13-19)18-9-6-12-26-15-18/h4-15,21H,3H2,1-2H3,(H2,25,27)(H,30,31,32). The van der Waals surface area contributed by atoms with Gasteiger partial charge in [-0.3, -0.25) is 19.2 Å². The molecule has 0 saturated heterocycles. The van der Waals surface area contributed by atoms with Gasteiger partial charge in [0.05, 0.1) is 0 Å². The van der Waals surface area contributed by atoms with Gasteiger partial charge in [0.1, 0.15) is 5.25 Å².